The molecule has 3 aromatic heterocycles. The van der Waals surface area contributed by atoms with Crippen LogP contribution in [0.3, 0.4) is 0 Å². The summed E-state index contributed by atoms with van der Waals surface area (Å²) >= 11 is 0. The molecule has 3 heterocycles. The van der Waals surface area contributed by atoms with E-state index in [9.17, 15) is 4.79 Å². The lowest BCUT2D eigenvalue weighted by Gasteiger charge is -2.08. The van der Waals surface area contributed by atoms with Crippen LogP contribution in [0, 0.1) is 5.92 Å². The molecule has 124 valence electrons. The average molecular weight is 327 g/mol. The van der Waals surface area contributed by atoms with Crippen LogP contribution >= 0.6 is 0 Å². The molecular weight excluding hydrogens is 310 g/mol. The Bertz CT molecular complexity index is 883. The van der Waals surface area contributed by atoms with Gasteiger partial charge in [-0.1, -0.05) is 19.0 Å². The molecule has 0 saturated heterocycles. The van der Waals surface area contributed by atoms with E-state index in [1.807, 2.05) is 13.8 Å². The van der Waals surface area contributed by atoms with Gasteiger partial charge in [-0.05, 0) is 24.1 Å². The first-order valence-corrected chi connectivity index (χ1v) is 7.50. The summed E-state index contributed by atoms with van der Waals surface area (Å²) in [5.41, 5.74) is 0.629. The highest BCUT2D eigenvalue weighted by molar-refractivity contribution is 5.56. The molecule has 0 aliphatic heterocycles. The molecule has 0 saturated carbocycles. The number of ether oxygens (including phenoxy) is 1. The summed E-state index contributed by atoms with van der Waals surface area (Å²) in [7, 11) is 1.51. The van der Waals surface area contributed by atoms with Gasteiger partial charge in [0, 0.05) is 18.8 Å². The van der Waals surface area contributed by atoms with Gasteiger partial charge in [0.25, 0.3) is 11.4 Å². The Kier molecular flexibility index (Phi) is 4.37. The quantitative estimate of drug-likeness (QED) is 0.707. The lowest BCUT2D eigenvalue weighted by atomic mass is 10.2. The van der Waals surface area contributed by atoms with Crippen molar-refractivity contribution in [3.8, 4) is 28.9 Å². The summed E-state index contributed by atoms with van der Waals surface area (Å²) in [6.07, 6.45) is 1.75. The Morgan fingerprint density at radius 1 is 1.25 bits per heavy atom. The summed E-state index contributed by atoms with van der Waals surface area (Å²) in [4.78, 5) is 16.8. The molecule has 0 aliphatic rings. The fraction of sp³-hybridized carbons (Fsp3) is 0.312. The second kappa shape index (κ2) is 6.61. The molecular formula is C16H17N5O3. The van der Waals surface area contributed by atoms with Gasteiger partial charge in [0.05, 0.1) is 7.11 Å². The van der Waals surface area contributed by atoms with E-state index in [0.717, 1.165) is 0 Å². The van der Waals surface area contributed by atoms with Crippen LogP contribution in [0.25, 0.3) is 23.0 Å². The van der Waals surface area contributed by atoms with Crippen molar-refractivity contribution in [1.29, 1.82) is 0 Å². The van der Waals surface area contributed by atoms with Gasteiger partial charge in [0.15, 0.2) is 0 Å². The fourth-order valence-electron chi connectivity index (χ4n) is 2.22. The van der Waals surface area contributed by atoms with Crippen LogP contribution < -0.4 is 10.3 Å². The van der Waals surface area contributed by atoms with Gasteiger partial charge in [-0.2, -0.15) is 4.98 Å². The Labute approximate surface area is 138 Å². The molecule has 0 aliphatic carbocycles. The van der Waals surface area contributed by atoms with Crippen LogP contribution in [0.4, 0.5) is 0 Å². The first-order chi connectivity index (χ1) is 11.6. The standard InChI is InChI=1S/C16H17N5O3/c1-10(2)9-21-8-4-5-11(16(21)22)15-17-14(20-24-15)12-6-7-13(23-3)19-18-12/h4-8,10H,9H2,1-3H3. The maximum Gasteiger partial charge on any atom is 0.263 e. The third kappa shape index (κ3) is 3.17. The smallest absolute Gasteiger partial charge is 0.263 e. The van der Waals surface area contributed by atoms with Crippen molar-refractivity contribution in [3.63, 3.8) is 0 Å². The van der Waals surface area contributed by atoms with Crippen molar-refractivity contribution < 1.29 is 9.26 Å². The normalized spacial score (nSPS) is 11.0. The van der Waals surface area contributed by atoms with Crippen LogP contribution in [-0.2, 0) is 6.54 Å². The number of rotatable bonds is 5. The zero-order valence-corrected chi connectivity index (χ0v) is 13.6. The molecule has 0 bridgehead atoms. The summed E-state index contributed by atoms with van der Waals surface area (Å²) < 4.78 is 11.8. The summed E-state index contributed by atoms with van der Waals surface area (Å²) in [5, 5.41) is 11.7. The second-order valence-corrected chi connectivity index (χ2v) is 5.66. The largest absolute Gasteiger partial charge is 0.480 e. The molecule has 0 spiro atoms. The minimum absolute atomic E-state index is 0.158. The number of methoxy groups -OCH3 is 1. The minimum Gasteiger partial charge on any atom is -0.480 e. The van der Waals surface area contributed by atoms with Gasteiger partial charge in [0.1, 0.15) is 11.3 Å². The van der Waals surface area contributed by atoms with E-state index in [-0.39, 0.29) is 17.3 Å². The van der Waals surface area contributed by atoms with Crippen molar-refractivity contribution in [3.05, 3.63) is 40.8 Å². The van der Waals surface area contributed by atoms with Crippen LogP contribution in [0.1, 0.15) is 13.8 Å². The molecule has 0 atom stereocenters. The number of hydrogen-bond acceptors (Lipinski definition) is 7. The zero-order valence-electron chi connectivity index (χ0n) is 13.6. The predicted molar refractivity (Wildman–Crippen MR) is 86.4 cm³/mol. The van der Waals surface area contributed by atoms with Crippen LogP contribution in [0.5, 0.6) is 5.88 Å². The molecule has 3 rings (SSSR count). The highest BCUT2D eigenvalue weighted by atomic mass is 16.5. The molecule has 8 nitrogen and oxygen atoms in total. The van der Waals surface area contributed by atoms with Gasteiger partial charge in [-0.25, -0.2) is 0 Å². The summed E-state index contributed by atoms with van der Waals surface area (Å²) in [5.74, 6) is 1.16. The lowest BCUT2D eigenvalue weighted by Crippen LogP contribution is -2.23. The number of aromatic nitrogens is 5. The third-order valence-electron chi connectivity index (χ3n) is 3.32. The fourth-order valence-corrected chi connectivity index (χ4v) is 2.22. The summed E-state index contributed by atoms with van der Waals surface area (Å²) in [6, 6.07) is 6.77. The van der Waals surface area contributed by atoms with Crippen molar-refractivity contribution in [1.82, 2.24) is 24.9 Å². The van der Waals surface area contributed by atoms with Crippen molar-refractivity contribution in [2.45, 2.75) is 20.4 Å². The SMILES string of the molecule is COc1ccc(-c2noc(-c3cccn(CC(C)C)c3=O)n2)nn1. The maximum atomic E-state index is 12.5. The lowest BCUT2D eigenvalue weighted by molar-refractivity contribution is 0.392. The molecule has 0 unspecified atom stereocenters. The average Bonchev–Trinajstić information content (AvgIpc) is 3.06. The zero-order chi connectivity index (χ0) is 17.1. The van der Waals surface area contributed by atoms with E-state index in [4.69, 9.17) is 9.26 Å². The molecule has 0 aromatic carbocycles. The molecule has 0 fully saturated rings. The Hall–Kier alpha value is -3.03. The molecule has 24 heavy (non-hydrogen) atoms. The highest BCUT2D eigenvalue weighted by Crippen LogP contribution is 2.19. The predicted octanol–water partition coefficient (Wildman–Crippen LogP) is 2.02. The van der Waals surface area contributed by atoms with Crippen LogP contribution in [-0.4, -0.2) is 32.0 Å². The number of nitrogens with zero attached hydrogens (tertiary/aromatic N) is 5. The topological polar surface area (TPSA) is 95.9 Å². The molecule has 8 heteroatoms. The molecule has 0 radical (unpaired) electrons. The molecule has 0 N–H and O–H groups in total. The monoisotopic (exact) mass is 327 g/mol. The van der Waals surface area contributed by atoms with E-state index in [0.29, 0.717) is 29.6 Å². The van der Waals surface area contributed by atoms with Gasteiger partial charge in [0.2, 0.25) is 11.7 Å². The number of hydrogen-bond donors (Lipinski definition) is 0. The first kappa shape index (κ1) is 15.9. The maximum absolute atomic E-state index is 12.5. The van der Waals surface area contributed by atoms with Gasteiger partial charge >= 0.3 is 0 Å². The van der Waals surface area contributed by atoms with E-state index in [1.54, 1.807) is 35.0 Å². The van der Waals surface area contributed by atoms with Crippen molar-refractivity contribution in [2.75, 3.05) is 7.11 Å². The van der Waals surface area contributed by atoms with E-state index >= 15 is 0 Å². The Morgan fingerprint density at radius 3 is 2.75 bits per heavy atom. The van der Waals surface area contributed by atoms with E-state index in [1.165, 1.54) is 7.11 Å². The first-order valence-electron chi connectivity index (χ1n) is 7.50. The van der Waals surface area contributed by atoms with Crippen LogP contribution in [0.15, 0.2) is 39.8 Å². The van der Waals surface area contributed by atoms with Gasteiger partial charge in [-0.15, -0.1) is 10.2 Å². The third-order valence-corrected chi connectivity index (χ3v) is 3.32. The summed E-state index contributed by atoms with van der Waals surface area (Å²) in [6.45, 7) is 4.72. The molecule has 0 amide bonds. The van der Waals surface area contributed by atoms with Crippen LogP contribution in [0.2, 0.25) is 0 Å². The van der Waals surface area contributed by atoms with E-state index in [2.05, 4.69) is 20.3 Å². The number of pyridine rings is 1. The second-order valence-electron chi connectivity index (χ2n) is 5.66. The van der Waals surface area contributed by atoms with E-state index < -0.39 is 0 Å². The Balaban J connectivity index is 1.94. The Morgan fingerprint density at radius 2 is 2.08 bits per heavy atom. The minimum atomic E-state index is -0.165. The van der Waals surface area contributed by atoms with Crippen molar-refractivity contribution >= 4 is 0 Å². The van der Waals surface area contributed by atoms with Crippen molar-refractivity contribution in [2.24, 2.45) is 5.92 Å². The van der Waals surface area contributed by atoms with Gasteiger partial charge in [-0.3, -0.25) is 4.79 Å². The molecule has 3 aromatic rings. The van der Waals surface area contributed by atoms with Gasteiger partial charge < -0.3 is 13.8 Å². The highest BCUT2D eigenvalue weighted by Gasteiger charge is 2.16.